The number of esters is 1. The number of para-hydroxylation sites is 1. The predicted molar refractivity (Wildman–Crippen MR) is 115 cm³/mol. The molecule has 0 saturated heterocycles. The summed E-state index contributed by atoms with van der Waals surface area (Å²) in [4.78, 5) is 47.8. The Bertz CT molecular complexity index is 1020. The van der Waals surface area contributed by atoms with Crippen LogP contribution < -0.4 is 5.32 Å². The Kier molecular flexibility index (Phi) is 7.26. The van der Waals surface area contributed by atoms with Crippen molar-refractivity contribution in [3.63, 3.8) is 0 Å². The van der Waals surface area contributed by atoms with Crippen molar-refractivity contribution in [2.75, 3.05) is 18.5 Å². The number of amides is 2. The minimum absolute atomic E-state index is 0.0564. The van der Waals surface area contributed by atoms with E-state index in [-0.39, 0.29) is 24.5 Å². The fourth-order valence-electron chi connectivity index (χ4n) is 3.11. The SMILES string of the molecule is CC(=O)c1ccccc1NC(=O)COC(=O)CCC(=O)N1CCC(c2ccccc2)=N1. The molecule has 0 aliphatic carbocycles. The molecule has 1 aliphatic rings. The molecule has 31 heavy (non-hydrogen) atoms. The molecule has 0 radical (unpaired) electrons. The number of ketones is 1. The van der Waals surface area contributed by atoms with E-state index in [0.29, 0.717) is 24.2 Å². The first-order chi connectivity index (χ1) is 14.9. The van der Waals surface area contributed by atoms with Crippen LogP contribution in [-0.2, 0) is 19.1 Å². The number of ether oxygens (including phenoxy) is 1. The lowest BCUT2D eigenvalue weighted by Crippen LogP contribution is -2.25. The van der Waals surface area contributed by atoms with Crippen molar-refractivity contribution in [2.45, 2.75) is 26.2 Å². The van der Waals surface area contributed by atoms with E-state index >= 15 is 0 Å². The summed E-state index contributed by atoms with van der Waals surface area (Å²) in [5.41, 5.74) is 2.52. The zero-order valence-electron chi connectivity index (χ0n) is 17.2. The van der Waals surface area contributed by atoms with Gasteiger partial charge < -0.3 is 10.1 Å². The largest absolute Gasteiger partial charge is 0.456 e. The Balaban J connectivity index is 1.42. The molecule has 3 rings (SSSR count). The summed E-state index contributed by atoms with van der Waals surface area (Å²) in [6.07, 6.45) is 0.449. The average Bonchev–Trinajstić information content (AvgIpc) is 3.27. The Morgan fingerprint density at radius 3 is 2.45 bits per heavy atom. The van der Waals surface area contributed by atoms with E-state index in [9.17, 15) is 19.2 Å². The highest BCUT2D eigenvalue weighted by molar-refractivity contribution is 6.04. The number of hydrogen-bond acceptors (Lipinski definition) is 6. The molecule has 8 heteroatoms. The standard InChI is InChI=1S/C23H23N3O5/c1-16(27)18-9-5-6-10-20(18)24-21(28)15-31-23(30)12-11-22(29)26-14-13-19(25-26)17-7-3-2-4-8-17/h2-10H,11-15H2,1H3,(H,24,28). The summed E-state index contributed by atoms with van der Waals surface area (Å²) >= 11 is 0. The van der Waals surface area contributed by atoms with Gasteiger partial charge in [-0.05, 0) is 24.6 Å². The monoisotopic (exact) mass is 421 g/mol. The van der Waals surface area contributed by atoms with Gasteiger partial charge in [0.15, 0.2) is 12.4 Å². The highest BCUT2D eigenvalue weighted by atomic mass is 16.5. The number of carbonyl (C=O) groups excluding carboxylic acids is 4. The molecule has 0 fully saturated rings. The number of benzene rings is 2. The number of hydrogen-bond donors (Lipinski definition) is 1. The first kappa shape index (κ1) is 21.9. The number of carbonyl (C=O) groups is 4. The van der Waals surface area contributed by atoms with Crippen LogP contribution in [0.15, 0.2) is 59.7 Å². The predicted octanol–water partition coefficient (Wildman–Crippen LogP) is 2.79. The van der Waals surface area contributed by atoms with Crippen LogP contribution in [0.3, 0.4) is 0 Å². The normalized spacial score (nSPS) is 12.8. The van der Waals surface area contributed by atoms with Gasteiger partial charge in [0.2, 0.25) is 5.91 Å². The van der Waals surface area contributed by atoms with Crippen LogP contribution in [-0.4, -0.2) is 47.4 Å². The molecular formula is C23H23N3O5. The molecule has 160 valence electrons. The van der Waals surface area contributed by atoms with Gasteiger partial charge in [0.1, 0.15) is 0 Å². The van der Waals surface area contributed by atoms with Gasteiger partial charge in [0.05, 0.1) is 24.4 Å². The van der Waals surface area contributed by atoms with Crippen molar-refractivity contribution in [2.24, 2.45) is 5.10 Å². The van der Waals surface area contributed by atoms with Crippen molar-refractivity contribution in [1.29, 1.82) is 0 Å². The van der Waals surface area contributed by atoms with E-state index in [1.165, 1.54) is 11.9 Å². The lowest BCUT2D eigenvalue weighted by molar-refractivity contribution is -0.148. The van der Waals surface area contributed by atoms with Crippen LogP contribution in [0.5, 0.6) is 0 Å². The van der Waals surface area contributed by atoms with Gasteiger partial charge >= 0.3 is 5.97 Å². The van der Waals surface area contributed by atoms with Crippen LogP contribution in [0.4, 0.5) is 5.69 Å². The second-order valence-electron chi connectivity index (χ2n) is 6.99. The number of anilines is 1. The molecule has 0 spiro atoms. The third kappa shape index (κ3) is 6.08. The van der Waals surface area contributed by atoms with E-state index < -0.39 is 18.5 Å². The van der Waals surface area contributed by atoms with Crippen LogP contribution in [0.1, 0.15) is 42.1 Å². The summed E-state index contributed by atoms with van der Waals surface area (Å²) in [6.45, 7) is 1.37. The van der Waals surface area contributed by atoms with E-state index in [2.05, 4.69) is 10.4 Å². The smallest absolute Gasteiger partial charge is 0.306 e. The van der Waals surface area contributed by atoms with Gasteiger partial charge in [-0.1, -0.05) is 42.5 Å². The summed E-state index contributed by atoms with van der Waals surface area (Å²) in [7, 11) is 0. The maximum absolute atomic E-state index is 12.3. The van der Waals surface area contributed by atoms with Crippen LogP contribution in [0.2, 0.25) is 0 Å². The second kappa shape index (κ2) is 10.3. The van der Waals surface area contributed by atoms with Crippen molar-refractivity contribution in [1.82, 2.24) is 5.01 Å². The summed E-state index contributed by atoms with van der Waals surface area (Å²) in [5.74, 6) is -1.69. The Labute approximate surface area is 179 Å². The fraction of sp³-hybridized carbons (Fsp3) is 0.261. The topological polar surface area (TPSA) is 105 Å². The quantitative estimate of drug-likeness (QED) is 0.521. The summed E-state index contributed by atoms with van der Waals surface area (Å²) in [6, 6.07) is 16.2. The molecule has 2 aromatic carbocycles. The molecule has 0 bridgehead atoms. The van der Waals surface area contributed by atoms with Gasteiger partial charge in [0.25, 0.3) is 5.91 Å². The molecule has 0 atom stereocenters. The van der Waals surface area contributed by atoms with Gasteiger partial charge in [-0.2, -0.15) is 5.10 Å². The van der Waals surface area contributed by atoms with Crippen LogP contribution in [0, 0.1) is 0 Å². The Morgan fingerprint density at radius 2 is 1.71 bits per heavy atom. The molecule has 1 N–H and O–H groups in total. The number of hydrazone groups is 1. The molecule has 8 nitrogen and oxygen atoms in total. The first-order valence-electron chi connectivity index (χ1n) is 9.92. The van der Waals surface area contributed by atoms with Crippen molar-refractivity contribution in [3.05, 3.63) is 65.7 Å². The first-order valence-corrected chi connectivity index (χ1v) is 9.92. The highest BCUT2D eigenvalue weighted by Gasteiger charge is 2.22. The molecule has 0 saturated carbocycles. The van der Waals surface area contributed by atoms with Crippen LogP contribution in [0.25, 0.3) is 0 Å². The summed E-state index contributed by atoms with van der Waals surface area (Å²) < 4.78 is 4.94. The van der Waals surface area contributed by atoms with Crippen molar-refractivity contribution in [3.8, 4) is 0 Å². The van der Waals surface area contributed by atoms with Crippen molar-refractivity contribution >= 4 is 35.0 Å². The van der Waals surface area contributed by atoms with Gasteiger partial charge in [0, 0.05) is 18.4 Å². The zero-order chi connectivity index (χ0) is 22.2. The highest BCUT2D eigenvalue weighted by Crippen LogP contribution is 2.16. The van der Waals surface area contributed by atoms with Crippen molar-refractivity contribution < 1.29 is 23.9 Å². The second-order valence-corrected chi connectivity index (χ2v) is 6.99. The summed E-state index contributed by atoms with van der Waals surface area (Å²) in [5, 5.41) is 8.25. The van der Waals surface area contributed by atoms with E-state index in [1.54, 1.807) is 24.3 Å². The molecular weight excluding hydrogens is 398 g/mol. The number of Topliss-reactive ketones (excluding diaryl/α,β-unsaturated/α-hetero) is 1. The zero-order valence-corrected chi connectivity index (χ0v) is 17.2. The van der Waals surface area contributed by atoms with Gasteiger partial charge in [-0.15, -0.1) is 0 Å². The molecule has 0 unspecified atom stereocenters. The van der Waals surface area contributed by atoms with E-state index in [1.807, 2.05) is 30.3 Å². The molecule has 0 aromatic heterocycles. The third-order valence-electron chi connectivity index (χ3n) is 4.68. The fourth-order valence-corrected chi connectivity index (χ4v) is 3.11. The van der Waals surface area contributed by atoms with Gasteiger partial charge in [-0.3, -0.25) is 19.2 Å². The minimum atomic E-state index is -0.658. The number of rotatable bonds is 8. The lowest BCUT2D eigenvalue weighted by Gasteiger charge is -2.11. The van der Waals surface area contributed by atoms with E-state index in [0.717, 1.165) is 11.3 Å². The Hall–Kier alpha value is -3.81. The van der Waals surface area contributed by atoms with Crippen LogP contribution >= 0.6 is 0 Å². The average molecular weight is 421 g/mol. The number of nitrogens with one attached hydrogen (secondary N) is 1. The minimum Gasteiger partial charge on any atom is -0.456 e. The Morgan fingerprint density at radius 1 is 1.00 bits per heavy atom. The molecule has 1 aliphatic heterocycles. The molecule has 2 amide bonds. The maximum Gasteiger partial charge on any atom is 0.306 e. The molecule has 2 aromatic rings. The molecule has 1 heterocycles. The van der Waals surface area contributed by atoms with Gasteiger partial charge in [-0.25, -0.2) is 5.01 Å². The third-order valence-corrected chi connectivity index (χ3v) is 4.68. The van der Waals surface area contributed by atoms with E-state index in [4.69, 9.17) is 4.74 Å². The maximum atomic E-state index is 12.3. The number of nitrogens with zero attached hydrogens (tertiary/aromatic N) is 2. The lowest BCUT2D eigenvalue weighted by atomic mass is 10.1.